The van der Waals surface area contributed by atoms with Crippen molar-refractivity contribution in [3.63, 3.8) is 0 Å². The van der Waals surface area contributed by atoms with Gasteiger partial charge in [-0.15, -0.1) is 0 Å². The number of aliphatic carboxylic acids is 1. The van der Waals surface area contributed by atoms with E-state index in [1.165, 1.54) is 0 Å². The molecule has 86 valence electrons. The lowest BCUT2D eigenvalue weighted by Crippen LogP contribution is -2.46. The molecule has 1 fully saturated rings. The molecule has 2 atom stereocenters. The molecule has 1 saturated carbocycles. The second-order valence-electron chi connectivity index (χ2n) is 3.67. The fourth-order valence-corrected chi connectivity index (χ4v) is 1.83. The Balaban J connectivity index is 2.36. The van der Waals surface area contributed by atoms with Gasteiger partial charge in [-0.3, -0.25) is 4.79 Å². The number of rotatable bonds is 4. The molecular formula is C9H17N3O3. The van der Waals surface area contributed by atoms with E-state index in [1.54, 1.807) is 0 Å². The molecule has 0 bridgehead atoms. The number of carboxylic acids is 1. The maximum Gasteiger partial charge on any atom is 0.315 e. The first kappa shape index (κ1) is 11.8. The van der Waals surface area contributed by atoms with Crippen molar-refractivity contribution >= 4 is 12.0 Å². The number of carbonyl (C=O) groups is 2. The Kier molecular flexibility index (Phi) is 4.36. The van der Waals surface area contributed by atoms with Crippen molar-refractivity contribution in [2.24, 2.45) is 11.7 Å². The molecule has 1 aliphatic carbocycles. The molecule has 0 saturated heterocycles. The summed E-state index contributed by atoms with van der Waals surface area (Å²) in [5, 5.41) is 14.1. The van der Waals surface area contributed by atoms with Gasteiger partial charge in [0.2, 0.25) is 0 Å². The van der Waals surface area contributed by atoms with Crippen LogP contribution in [-0.4, -0.2) is 36.2 Å². The molecule has 0 aromatic rings. The second kappa shape index (κ2) is 5.55. The molecule has 5 N–H and O–H groups in total. The Morgan fingerprint density at radius 3 is 2.73 bits per heavy atom. The summed E-state index contributed by atoms with van der Waals surface area (Å²) in [6.07, 6.45) is 2.21. The number of amides is 2. The van der Waals surface area contributed by atoms with Gasteiger partial charge < -0.3 is 21.5 Å². The standard InChI is InChI=1S/C9H17N3O3/c10-4-5-11-9(15)12-7-3-1-2-6(7)8(13)14/h6-7H,1-5,10H2,(H,13,14)(H2,11,12,15). The highest BCUT2D eigenvalue weighted by molar-refractivity contribution is 5.76. The molecule has 2 unspecified atom stereocenters. The number of urea groups is 1. The Hall–Kier alpha value is -1.30. The van der Waals surface area contributed by atoms with Crippen LogP contribution in [0.25, 0.3) is 0 Å². The van der Waals surface area contributed by atoms with Crippen LogP contribution >= 0.6 is 0 Å². The van der Waals surface area contributed by atoms with Crippen molar-refractivity contribution in [1.29, 1.82) is 0 Å². The topological polar surface area (TPSA) is 104 Å². The van der Waals surface area contributed by atoms with Gasteiger partial charge in [-0.25, -0.2) is 4.79 Å². The highest BCUT2D eigenvalue weighted by atomic mass is 16.4. The van der Waals surface area contributed by atoms with Gasteiger partial charge in [-0.1, -0.05) is 6.42 Å². The van der Waals surface area contributed by atoms with Crippen LogP contribution in [0.4, 0.5) is 4.79 Å². The van der Waals surface area contributed by atoms with E-state index in [4.69, 9.17) is 10.8 Å². The third-order valence-corrected chi connectivity index (χ3v) is 2.58. The first-order chi connectivity index (χ1) is 7.15. The maximum atomic E-state index is 11.3. The Bertz CT molecular complexity index is 245. The predicted octanol–water partition coefficient (Wildman–Crippen LogP) is -0.502. The minimum absolute atomic E-state index is 0.250. The van der Waals surface area contributed by atoms with Crippen LogP contribution < -0.4 is 16.4 Å². The van der Waals surface area contributed by atoms with Crippen LogP contribution in [0.1, 0.15) is 19.3 Å². The molecule has 0 aromatic carbocycles. The van der Waals surface area contributed by atoms with E-state index < -0.39 is 11.9 Å². The third kappa shape index (κ3) is 3.39. The number of nitrogens with one attached hydrogen (secondary N) is 2. The predicted molar refractivity (Wildman–Crippen MR) is 54.4 cm³/mol. The van der Waals surface area contributed by atoms with E-state index in [9.17, 15) is 9.59 Å². The Labute approximate surface area is 88.2 Å². The van der Waals surface area contributed by atoms with Crippen LogP contribution in [0, 0.1) is 5.92 Å². The van der Waals surface area contributed by atoms with Crippen LogP contribution in [0.2, 0.25) is 0 Å². The Morgan fingerprint density at radius 2 is 2.13 bits per heavy atom. The van der Waals surface area contributed by atoms with Crippen molar-refractivity contribution < 1.29 is 14.7 Å². The number of hydrogen-bond donors (Lipinski definition) is 4. The summed E-state index contributed by atoms with van der Waals surface area (Å²) in [7, 11) is 0. The lowest BCUT2D eigenvalue weighted by molar-refractivity contribution is -0.142. The van der Waals surface area contributed by atoms with E-state index >= 15 is 0 Å². The zero-order chi connectivity index (χ0) is 11.3. The van der Waals surface area contributed by atoms with Crippen LogP contribution in [0.5, 0.6) is 0 Å². The molecule has 0 heterocycles. The third-order valence-electron chi connectivity index (χ3n) is 2.58. The van der Waals surface area contributed by atoms with Crippen molar-refractivity contribution in [3.05, 3.63) is 0 Å². The van der Waals surface area contributed by atoms with E-state index in [0.29, 0.717) is 19.5 Å². The molecule has 1 rings (SSSR count). The van der Waals surface area contributed by atoms with Crippen molar-refractivity contribution in [2.75, 3.05) is 13.1 Å². The first-order valence-electron chi connectivity index (χ1n) is 5.12. The summed E-state index contributed by atoms with van der Waals surface area (Å²) >= 11 is 0. The van der Waals surface area contributed by atoms with Crippen LogP contribution in [-0.2, 0) is 4.79 Å². The average molecular weight is 215 g/mol. The maximum absolute atomic E-state index is 11.3. The molecule has 15 heavy (non-hydrogen) atoms. The Morgan fingerprint density at radius 1 is 1.40 bits per heavy atom. The molecule has 0 aromatic heterocycles. The van der Waals surface area contributed by atoms with Gasteiger partial charge in [0.05, 0.1) is 5.92 Å². The highest BCUT2D eigenvalue weighted by Crippen LogP contribution is 2.25. The summed E-state index contributed by atoms with van der Waals surface area (Å²) in [6, 6.07) is -0.584. The summed E-state index contributed by atoms with van der Waals surface area (Å²) < 4.78 is 0. The molecule has 1 aliphatic rings. The smallest absolute Gasteiger partial charge is 0.315 e. The monoisotopic (exact) mass is 215 g/mol. The van der Waals surface area contributed by atoms with Crippen LogP contribution in [0.15, 0.2) is 0 Å². The van der Waals surface area contributed by atoms with E-state index in [-0.39, 0.29) is 12.1 Å². The molecule has 6 nitrogen and oxygen atoms in total. The average Bonchev–Trinajstić information content (AvgIpc) is 2.62. The number of hydrogen-bond acceptors (Lipinski definition) is 3. The minimum atomic E-state index is -0.836. The van der Waals surface area contributed by atoms with Crippen LogP contribution in [0.3, 0.4) is 0 Å². The number of carboxylic acid groups (broad SMARTS) is 1. The lowest BCUT2D eigenvalue weighted by atomic mass is 10.0. The van der Waals surface area contributed by atoms with Gasteiger partial charge in [0.15, 0.2) is 0 Å². The quantitative estimate of drug-likeness (QED) is 0.507. The van der Waals surface area contributed by atoms with Gasteiger partial charge in [0.25, 0.3) is 0 Å². The summed E-state index contributed by atoms with van der Waals surface area (Å²) in [4.78, 5) is 22.1. The summed E-state index contributed by atoms with van der Waals surface area (Å²) in [5.41, 5.74) is 5.22. The zero-order valence-corrected chi connectivity index (χ0v) is 8.53. The molecule has 2 amide bonds. The van der Waals surface area contributed by atoms with E-state index in [0.717, 1.165) is 12.8 Å². The van der Waals surface area contributed by atoms with Gasteiger partial charge >= 0.3 is 12.0 Å². The highest BCUT2D eigenvalue weighted by Gasteiger charge is 2.33. The van der Waals surface area contributed by atoms with E-state index in [1.807, 2.05) is 0 Å². The van der Waals surface area contributed by atoms with Crippen molar-refractivity contribution in [3.8, 4) is 0 Å². The molecule has 0 aliphatic heterocycles. The number of nitrogens with two attached hydrogens (primary N) is 1. The van der Waals surface area contributed by atoms with Gasteiger partial charge in [0.1, 0.15) is 0 Å². The second-order valence-corrected chi connectivity index (χ2v) is 3.67. The minimum Gasteiger partial charge on any atom is -0.481 e. The first-order valence-corrected chi connectivity index (χ1v) is 5.12. The van der Waals surface area contributed by atoms with Crippen molar-refractivity contribution in [1.82, 2.24) is 10.6 Å². The van der Waals surface area contributed by atoms with E-state index in [2.05, 4.69) is 10.6 Å². The molecule has 0 radical (unpaired) electrons. The summed E-state index contributed by atoms with van der Waals surface area (Å²) in [6.45, 7) is 0.775. The number of carbonyl (C=O) groups excluding carboxylic acids is 1. The SMILES string of the molecule is NCCNC(=O)NC1CCCC1C(=O)O. The largest absolute Gasteiger partial charge is 0.481 e. The normalized spacial score (nSPS) is 24.9. The van der Waals surface area contributed by atoms with Gasteiger partial charge in [-0.05, 0) is 12.8 Å². The van der Waals surface area contributed by atoms with Gasteiger partial charge in [-0.2, -0.15) is 0 Å². The lowest BCUT2D eigenvalue weighted by Gasteiger charge is -2.17. The fourth-order valence-electron chi connectivity index (χ4n) is 1.83. The molecular weight excluding hydrogens is 198 g/mol. The zero-order valence-electron chi connectivity index (χ0n) is 8.53. The van der Waals surface area contributed by atoms with Gasteiger partial charge in [0, 0.05) is 19.1 Å². The summed E-state index contributed by atoms with van der Waals surface area (Å²) in [5.74, 6) is -1.29. The van der Waals surface area contributed by atoms with Crippen molar-refractivity contribution in [2.45, 2.75) is 25.3 Å². The molecule has 0 spiro atoms. The fraction of sp³-hybridized carbons (Fsp3) is 0.778. The molecule has 6 heteroatoms.